The van der Waals surface area contributed by atoms with Crippen molar-refractivity contribution >= 4 is 34.7 Å². The Balaban J connectivity index is 1.58. The zero-order chi connectivity index (χ0) is 26.0. The van der Waals surface area contributed by atoms with Crippen molar-refractivity contribution in [1.29, 1.82) is 0 Å². The Bertz CT molecular complexity index is 1270. The summed E-state index contributed by atoms with van der Waals surface area (Å²) in [5.74, 6) is -0.285. The second-order valence-corrected chi connectivity index (χ2v) is 10.6. The second kappa shape index (κ2) is 13.2. The molecule has 2 aromatic carbocycles. The van der Waals surface area contributed by atoms with E-state index in [1.807, 2.05) is 53.2 Å². The first-order valence-corrected chi connectivity index (χ1v) is 14.1. The van der Waals surface area contributed by atoms with Gasteiger partial charge in [-0.2, -0.15) is 0 Å². The minimum Gasteiger partial charge on any atom is -0.453 e. The van der Waals surface area contributed by atoms with Gasteiger partial charge in [0, 0.05) is 11.8 Å². The quantitative estimate of drug-likeness (QED) is 0.241. The molecule has 192 valence electrons. The molecular weight excluding hydrogens is 502 g/mol. The molecule has 2 N–H and O–H groups in total. The van der Waals surface area contributed by atoms with Crippen LogP contribution in [0.5, 0.6) is 0 Å². The predicted octanol–water partition coefficient (Wildman–Crippen LogP) is 6.19. The van der Waals surface area contributed by atoms with E-state index in [2.05, 4.69) is 41.8 Å². The first kappa shape index (κ1) is 26.6. The van der Waals surface area contributed by atoms with Crippen LogP contribution < -0.4 is 10.6 Å². The summed E-state index contributed by atoms with van der Waals surface area (Å²) in [6.07, 6.45) is 2.42. The summed E-state index contributed by atoms with van der Waals surface area (Å²) >= 11 is 3.21. The molecule has 0 spiro atoms. The fourth-order valence-electron chi connectivity index (χ4n) is 4.09. The Labute approximate surface area is 225 Å². The van der Waals surface area contributed by atoms with Crippen LogP contribution in [-0.2, 0) is 28.8 Å². The minimum atomic E-state index is -0.792. The van der Waals surface area contributed by atoms with Crippen molar-refractivity contribution < 1.29 is 14.3 Å². The van der Waals surface area contributed by atoms with Crippen molar-refractivity contribution in [2.45, 2.75) is 44.7 Å². The number of hydrogen-bond acceptors (Lipinski definition) is 6. The number of rotatable bonds is 11. The lowest BCUT2D eigenvalue weighted by Gasteiger charge is -2.23. The van der Waals surface area contributed by atoms with Crippen molar-refractivity contribution in [3.05, 3.63) is 99.9 Å². The van der Waals surface area contributed by atoms with Gasteiger partial charge in [-0.25, -0.2) is 9.78 Å². The first-order valence-electron chi connectivity index (χ1n) is 12.3. The van der Waals surface area contributed by atoms with Crippen molar-refractivity contribution in [2.75, 3.05) is 7.11 Å². The molecule has 0 aliphatic rings. The molecule has 0 fully saturated rings. The smallest absolute Gasteiger partial charge is 0.407 e. The highest BCUT2D eigenvalue weighted by atomic mass is 32.1. The maximum atomic E-state index is 13.5. The van der Waals surface area contributed by atoms with Crippen molar-refractivity contribution in [3.8, 4) is 9.88 Å². The van der Waals surface area contributed by atoms with E-state index < -0.39 is 12.1 Å². The molecule has 2 atom stereocenters. The monoisotopic (exact) mass is 533 g/mol. The van der Waals surface area contributed by atoms with Gasteiger partial charge in [0.05, 0.1) is 23.7 Å². The molecule has 6 nitrogen and oxygen atoms in total. The van der Waals surface area contributed by atoms with Gasteiger partial charge in [-0.15, -0.1) is 22.7 Å². The third kappa shape index (κ3) is 7.50. The topological polar surface area (TPSA) is 80.3 Å². The van der Waals surface area contributed by atoms with Crippen LogP contribution in [0.3, 0.4) is 0 Å². The number of carbonyl (C=O) groups excluding carboxylic acids is 2. The van der Waals surface area contributed by atoms with Crippen molar-refractivity contribution in [2.24, 2.45) is 0 Å². The van der Waals surface area contributed by atoms with Crippen LogP contribution in [0.2, 0.25) is 0 Å². The van der Waals surface area contributed by atoms with Crippen LogP contribution in [-0.4, -0.2) is 30.1 Å². The SMILES string of the molecule is CCCc1ccc(CC(NC(=O)[C@H](Cc2ccccc2)NC(=O)OC)c2csc(-c3cccs3)n2)cc1. The second-order valence-electron chi connectivity index (χ2n) is 8.76. The van der Waals surface area contributed by atoms with E-state index in [0.29, 0.717) is 12.8 Å². The molecule has 0 saturated carbocycles. The maximum Gasteiger partial charge on any atom is 0.407 e. The van der Waals surface area contributed by atoms with Gasteiger partial charge in [0.15, 0.2) is 0 Å². The van der Waals surface area contributed by atoms with E-state index in [-0.39, 0.29) is 11.9 Å². The molecule has 2 amide bonds. The largest absolute Gasteiger partial charge is 0.453 e. The van der Waals surface area contributed by atoms with Crippen LogP contribution in [0.25, 0.3) is 9.88 Å². The van der Waals surface area contributed by atoms with E-state index >= 15 is 0 Å². The van der Waals surface area contributed by atoms with Gasteiger partial charge in [0.2, 0.25) is 5.91 Å². The molecule has 2 aromatic heterocycles. The van der Waals surface area contributed by atoms with Gasteiger partial charge in [-0.3, -0.25) is 4.79 Å². The number of alkyl carbamates (subject to hydrolysis) is 1. The van der Waals surface area contributed by atoms with Crippen LogP contribution >= 0.6 is 22.7 Å². The Morgan fingerprint density at radius 2 is 1.62 bits per heavy atom. The Kier molecular flexibility index (Phi) is 9.46. The highest BCUT2D eigenvalue weighted by Crippen LogP contribution is 2.30. The summed E-state index contributed by atoms with van der Waals surface area (Å²) in [6, 6.07) is 21.0. The lowest BCUT2D eigenvalue weighted by atomic mass is 10.00. The Morgan fingerprint density at radius 3 is 2.30 bits per heavy atom. The zero-order valence-corrected chi connectivity index (χ0v) is 22.6. The van der Waals surface area contributed by atoms with Crippen LogP contribution in [0.4, 0.5) is 4.79 Å². The average molecular weight is 534 g/mol. The summed E-state index contributed by atoms with van der Waals surface area (Å²) in [6.45, 7) is 2.17. The Morgan fingerprint density at radius 1 is 0.892 bits per heavy atom. The minimum absolute atomic E-state index is 0.285. The number of thiophene rings is 1. The third-order valence-electron chi connectivity index (χ3n) is 6.01. The average Bonchev–Trinajstić information content (AvgIpc) is 3.62. The van der Waals surface area contributed by atoms with Crippen LogP contribution in [0, 0.1) is 0 Å². The molecule has 2 heterocycles. The number of methoxy groups -OCH3 is 1. The van der Waals surface area contributed by atoms with E-state index in [9.17, 15) is 9.59 Å². The maximum absolute atomic E-state index is 13.5. The molecule has 0 saturated heterocycles. The van der Waals surface area contributed by atoms with E-state index in [0.717, 1.165) is 39.5 Å². The Hall–Kier alpha value is -3.49. The number of ether oxygens (including phenoxy) is 1. The number of aromatic nitrogens is 1. The fourth-order valence-corrected chi connectivity index (χ4v) is 5.78. The predicted molar refractivity (Wildman–Crippen MR) is 150 cm³/mol. The number of benzene rings is 2. The molecule has 4 aromatic rings. The number of carbonyl (C=O) groups is 2. The normalized spacial score (nSPS) is 12.5. The molecule has 0 aliphatic heterocycles. The summed E-state index contributed by atoms with van der Waals surface area (Å²) < 4.78 is 4.79. The molecule has 1 unspecified atom stereocenters. The van der Waals surface area contributed by atoms with Crippen LogP contribution in [0.15, 0.2) is 77.5 Å². The number of aryl methyl sites for hydroxylation is 1. The molecule has 0 aliphatic carbocycles. The summed E-state index contributed by atoms with van der Waals surface area (Å²) in [5, 5.41) is 10.8. The van der Waals surface area contributed by atoms with Gasteiger partial charge in [0.1, 0.15) is 11.0 Å². The fraction of sp³-hybridized carbons (Fsp3) is 0.276. The van der Waals surface area contributed by atoms with E-state index in [1.165, 1.54) is 12.7 Å². The summed E-state index contributed by atoms with van der Waals surface area (Å²) in [5.41, 5.74) is 4.15. The lowest BCUT2D eigenvalue weighted by Crippen LogP contribution is -2.49. The highest BCUT2D eigenvalue weighted by molar-refractivity contribution is 7.20. The van der Waals surface area contributed by atoms with Crippen LogP contribution in [0.1, 0.15) is 41.8 Å². The van der Waals surface area contributed by atoms with E-state index in [4.69, 9.17) is 9.72 Å². The highest BCUT2D eigenvalue weighted by Gasteiger charge is 2.26. The molecular formula is C29H31N3O3S2. The number of hydrogen-bond donors (Lipinski definition) is 2. The van der Waals surface area contributed by atoms with Gasteiger partial charge < -0.3 is 15.4 Å². The lowest BCUT2D eigenvalue weighted by molar-refractivity contribution is -0.123. The molecule has 0 bridgehead atoms. The summed E-state index contributed by atoms with van der Waals surface area (Å²) in [4.78, 5) is 31.6. The first-order chi connectivity index (χ1) is 18.1. The number of amides is 2. The number of thiazole rings is 1. The van der Waals surface area contributed by atoms with Gasteiger partial charge in [0.25, 0.3) is 0 Å². The summed E-state index contributed by atoms with van der Waals surface area (Å²) in [7, 11) is 1.29. The van der Waals surface area contributed by atoms with Crippen molar-refractivity contribution in [1.82, 2.24) is 15.6 Å². The molecule has 37 heavy (non-hydrogen) atoms. The number of nitrogens with one attached hydrogen (secondary N) is 2. The van der Waals surface area contributed by atoms with E-state index in [1.54, 1.807) is 22.7 Å². The third-order valence-corrected chi connectivity index (χ3v) is 7.91. The van der Waals surface area contributed by atoms with Gasteiger partial charge in [-0.1, -0.05) is 74.0 Å². The molecule has 0 radical (unpaired) electrons. The molecule has 4 rings (SSSR count). The van der Waals surface area contributed by atoms with Gasteiger partial charge >= 0.3 is 6.09 Å². The van der Waals surface area contributed by atoms with Gasteiger partial charge in [-0.05, 0) is 41.0 Å². The standard InChI is InChI=1S/C29H31N3O3S2/c1-3-8-20-12-14-22(15-13-20)17-23(25-19-37-28(31-25)26-11-7-16-36-26)30-27(33)24(32-29(34)35-2)18-21-9-5-4-6-10-21/h4-7,9-16,19,23-24H,3,8,17-18H2,1-2H3,(H,30,33)(H,32,34)/t23?,24-/m0/s1. The zero-order valence-electron chi connectivity index (χ0n) is 21.0. The number of nitrogens with zero attached hydrogens (tertiary/aromatic N) is 1. The van der Waals surface area contributed by atoms with Crippen molar-refractivity contribution in [3.63, 3.8) is 0 Å². The molecule has 8 heteroatoms.